The average Bonchev–Trinajstić information content (AvgIpc) is 3.46. The second-order valence-electron chi connectivity index (χ2n) is 13.0. The summed E-state index contributed by atoms with van der Waals surface area (Å²) in [4.78, 5) is 9.19. The van der Waals surface area contributed by atoms with Gasteiger partial charge < -0.3 is 9.97 Å². The van der Waals surface area contributed by atoms with E-state index < -0.39 is 8.07 Å². The standard InChI is InChI=1S/C21H20NSSi.C20H18N.Ir/c1-14-9-11-16(18-12-10-15(13-22-18)24(2,3)4)21-20(14)17-7-5-6-8-19(17)23-21;1-20(2,17-10-4-3-5-11-17)18-12-8-9-16(15-18)19-13-6-7-14-21-19;/h5-10,12-13H,1-4H3;3-8,10-15H,1-2H3;/q2*-1;. The Bertz CT molecular complexity index is 2060. The molecule has 0 bridgehead atoms. The largest absolute Gasteiger partial charge is 0.305 e. The molecule has 0 atom stereocenters. The van der Waals surface area contributed by atoms with Crippen LogP contribution in [0, 0.1) is 19.1 Å². The zero-order valence-electron chi connectivity index (χ0n) is 27.2. The molecule has 0 amide bonds. The third kappa shape index (κ3) is 6.99. The smallest absolute Gasteiger partial charge is 0.0795 e. The number of rotatable bonds is 5. The number of hydrogen-bond acceptors (Lipinski definition) is 3. The second-order valence-corrected chi connectivity index (χ2v) is 19.2. The summed E-state index contributed by atoms with van der Waals surface area (Å²) in [6, 6.07) is 44.8. The maximum Gasteiger partial charge on any atom is 0.0795 e. The van der Waals surface area contributed by atoms with Crippen LogP contribution in [0.4, 0.5) is 0 Å². The van der Waals surface area contributed by atoms with E-state index in [1.165, 1.54) is 42.0 Å². The monoisotopic (exact) mass is 811 g/mol. The molecule has 2 nitrogen and oxygen atoms in total. The van der Waals surface area contributed by atoms with Gasteiger partial charge in [-0.25, -0.2) is 0 Å². The first-order valence-electron chi connectivity index (χ1n) is 15.4. The van der Waals surface area contributed by atoms with Gasteiger partial charge in [0, 0.05) is 37.2 Å². The number of thiophene rings is 1. The van der Waals surface area contributed by atoms with Crippen molar-refractivity contribution in [1.29, 1.82) is 0 Å². The summed E-state index contributed by atoms with van der Waals surface area (Å²) < 4.78 is 2.62. The Morgan fingerprint density at radius 3 is 2.17 bits per heavy atom. The van der Waals surface area contributed by atoms with Crippen molar-refractivity contribution in [1.82, 2.24) is 9.97 Å². The summed E-state index contributed by atoms with van der Waals surface area (Å²) in [5, 5.41) is 4.08. The third-order valence-electron chi connectivity index (χ3n) is 8.50. The molecule has 7 rings (SSSR count). The van der Waals surface area contributed by atoms with Crippen LogP contribution in [0.1, 0.15) is 30.5 Å². The number of hydrogen-bond donors (Lipinski definition) is 0. The molecular formula is C41H38IrN2SSi-2. The van der Waals surface area contributed by atoms with Crippen LogP contribution < -0.4 is 5.19 Å². The molecule has 0 spiro atoms. The van der Waals surface area contributed by atoms with E-state index >= 15 is 0 Å². The number of fused-ring (bicyclic) bond motifs is 3. The minimum Gasteiger partial charge on any atom is -0.305 e. The van der Waals surface area contributed by atoms with Gasteiger partial charge in [-0.2, -0.15) is 11.3 Å². The molecule has 4 aromatic carbocycles. The predicted octanol–water partition coefficient (Wildman–Crippen LogP) is 10.6. The molecule has 3 heterocycles. The summed E-state index contributed by atoms with van der Waals surface area (Å²) in [6.45, 7) is 13.7. The van der Waals surface area contributed by atoms with Crippen molar-refractivity contribution in [3.8, 4) is 22.5 Å². The average molecular weight is 811 g/mol. The van der Waals surface area contributed by atoms with Gasteiger partial charge in [-0.15, -0.1) is 58.7 Å². The first-order chi connectivity index (χ1) is 21.6. The van der Waals surface area contributed by atoms with E-state index in [4.69, 9.17) is 4.98 Å². The minimum atomic E-state index is -1.32. The molecule has 0 aliphatic rings. The van der Waals surface area contributed by atoms with Gasteiger partial charge >= 0.3 is 0 Å². The number of nitrogens with zero attached hydrogens (tertiary/aromatic N) is 2. The van der Waals surface area contributed by atoms with Crippen LogP contribution in [0.25, 0.3) is 42.7 Å². The quantitative estimate of drug-likeness (QED) is 0.128. The second kappa shape index (κ2) is 13.9. The number of aromatic nitrogens is 2. The summed E-state index contributed by atoms with van der Waals surface area (Å²) in [5.74, 6) is 0. The van der Waals surface area contributed by atoms with Crippen molar-refractivity contribution < 1.29 is 20.1 Å². The maximum atomic E-state index is 4.78. The molecule has 0 saturated heterocycles. The molecule has 233 valence electrons. The van der Waals surface area contributed by atoms with E-state index in [0.717, 1.165) is 22.5 Å². The Morgan fingerprint density at radius 2 is 1.48 bits per heavy atom. The SMILES string of the molecule is CC(C)(c1ccccc1)c1cc[c-]c(-c2ccccn2)c1.Cc1c[c-]c(-c2ccc([Si](C)(C)C)cn2)c2sc3ccccc3c12.[Ir]. The topological polar surface area (TPSA) is 25.8 Å². The van der Waals surface area contributed by atoms with Gasteiger partial charge in [-0.3, -0.25) is 0 Å². The molecule has 0 N–H and O–H groups in total. The van der Waals surface area contributed by atoms with Crippen LogP contribution >= 0.6 is 11.3 Å². The Morgan fingerprint density at radius 1 is 0.739 bits per heavy atom. The first kappa shape index (κ1) is 33.6. The van der Waals surface area contributed by atoms with Gasteiger partial charge in [-0.05, 0) is 49.8 Å². The maximum absolute atomic E-state index is 4.78. The Labute approximate surface area is 292 Å². The fraction of sp³-hybridized carbons (Fsp3) is 0.171. The fourth-order valence-electron chi connectivity index (χ4n) is 5.65. The van der Waals surface area contributed by atoms with E-state index in [0.29, 0.717) is 0 Å². The number of pyridine rings is 2. The van der Waals surface area contributed by atoms with E-state index in [2.05, 4.69) is 149 Å². The van der Waals surface area contributed by atoms with Crippen molar-refractivity contribution in [2.24, 2.45) is 0 Å². The zero-order chi connectivity index (χ0) is 31.6. The summed E-state index contributed by atoms with van der Waals surface area (Å²) in [5.41, 5.74) is 7.97. The molecule has 0 aliphatic carbocycles. The predicted molar refractivity (Wildman–Crippen MR) is 196 cm³/mol. The molecule has 46 heavy (non-hydrogen) atoms. The molecule has 7 aromatic rings. The molecule has 0 fully saturated rings. The van der Waals surface area contributed by atoms with E-state index in [9.17, 15) is 0 Å². The molecule has 0 aliphatic heterocycles. The molecule has 1 radical (unpaired) electrons. The Hall–Kier alpha value is -3.73. The Kier molecular flexibility index (Phi) is 10.2. The zero-order valence-corrected chi connectivity index (χ0v) is 31.4. The van der Waals surface area contributed by atoms with Gasteiger partial charge in [0.2, 0.25) is 0 Å². The summed E-state index contributed by atoms with van der Waals surface area (Å²) >= 11 is 1.84. The number of benzene rings is 4. The van der Waals surface area contributed by atoms with Crippen molar-refractivity contribution in [2.45, 2.75) is 45.8 Å². The normalized spacial score (nSPS) is 11.5. The van der Waals surface area contributed by atoms with Crippen LogP contribution in [0.3, 0.4) is 0 Å². The van der Waals surface area contributed by atoms with Gasteiger partial charge in [0.25, 0.3) is 0 Å². The molecule has 0 saturated carbocycles. The summed E-state index contributed by atoms with van der Waals surface area (Å²) in [6.07, 6.45) is 3.88. The minimum absolute atomic E-state index is 0. The molecule has 0 unspecified atom stereocenters. The van der Waals surface area contributed by atoms with Gasteiger partial charge in [-0.1, -0.05) is 119 Å². The van der Waals surface area contributed by atoms with Crippen LogP contribution in [0.2, 0.25) is 19.6 Å². The van der Waals surface area contributed by atoms with Crippen molar-refractivity contribution in [3.63, 3.8) is 0 Å². The van der Waals surface area contributed by atoms with Crippen molar-refractivity contribution in [3.05, 3.63) is 150 Å². The van der Waals surface area contributed by atoms with E-state index in [-0.39, 0.29) is 25.5 Å². The van der Waals surface area contributed by atoms with Crippen LogP contribution in [0.15, 0.2) is 122 Å². The van der Waals surface area contributed by atoms with Crippen molar-refractivity contribution >= 4 is 44.8 Å². The van der Waals surface area contributed by atoms with Gasteiger partial charge in [0.05, 0.1) is 8.07 Å². The third-order valence-corrected chi connectivity index (χ3v) is 11.7. The van der Waals surface area contributed by atoms with Crippen LogP contribution in [0.5, 0.6) is 0 Å². The Balaban J connectivity index is 0.000000179. The van der Waals surface area contributed by atoms with Crippen LogP contribution in [-0.2, 0) is 25.5 Å². The fourth-order valence-corrected chi connectivity index (χ4v) is 7.97. The molecule has 3 aromatic heterocycles. The first-order valence-corrected chi connectivity index (χ1v) is 19.7. The molecular weight excluding hydrogens is 773 g/mol. The van der Waals surface area contributed by atoms with Crippen LogP contribution in [-0.4, -0.2) is 18.0 Å². The van der Waals surface area contributed by atoms with E-state index in [1.807, 2.05) is 41.8 Å². The molecule has 5 heteroatoms. The number of aryl methyl sites for hydroxylation is 1. The van der Waals surface area contributed by atoms with Crippen molar-refractivity contribution in [2.75, 3.05) is 0 Å². The van der Waals surface area contributed by atoms with Gasteiger partial charge in [0.15, 0.2) is 0 Å². The summed E-state index contributed by atoms with van der Waals surface area (Å²) in [7, 11) is -1.32. The van der Waals surface area contributed by atoms with Gasteiger partial charge in [0.1, 0.15) is 0 Å². The van der Waals surface area contributed by atoms with E-state index in [1.54, 1.807) is 0 Å².